The molecule has 0 aliphatic carbocycles. The average Bonchev–Trinajstić information content (AvgIpc) is 2.60. The molecule has 1 aromatic rings. The zero-order valence-electron chi connectivity index (χ0n) is 9.38. The molecule has 0 fully saturated rings. The van der Waals surface area contributed by atoms with Crippen molar-refractivity contribution in [1.29, 1.82) is 0 Å². The molecule has 1 aliphatic rings. The second-order valence-corrected chi connectivity index (χ2v) is 3.91. The molecule has 0 saturated carbocycles. The Hall–Kier alpha value is -1.91. The van der Waals surface area contributed by atoms with E-state index in [0.717, 1.165) is 24.2 Å². The SMILES string of the molecule is CN1CCC(c2cccc([N+](=O)[O-])c2)=[N+]1C. The number of hydrogen-bond donors (Lipinski definition) is 0. The van der Waals surface area contributed by atoms with E-state index in [1.165, 1.54) is 6.07 Å². The lowest BCUT2D eigenvalue weighted by molar-refractivity contribution is -0.651. The highest BCUT2D eigenvalue weighted by Crippen LogP contribution is 2.17. The van der Waals surface area contributed by atoms with E-state index < -0.39 is 0 Å². The molecule has 0 spiro atoms. The standard InChI is InChI=1S/C11H14N3O2/c1-12-7-6-11(13(12)2)9-4-3-5-10(8-9)14(15)16/h3-5,8H,6-7H2,1-2H3/q+1. The Balaban J connectivity index is 2.42. The van der Waals surface area contributed by atoms with Gasteiger partial charge in [-0.25, -0.2) is 0 Å². The molecule has 16 heavy (non-hydrogen) atoms. The summed E-state index contributed by atoms with van der Waals surface area (Å²) >= 11 is 0. The van der Waals surface area contributed by atoms with Crippen LogP contribution >= 0.6 is 0 Å². The van der Waals surface area contributed by atoms with Gasteiger partial charge in [0, 0.05) is 12.1 Å². The van der Waals surface area contributed by atoms with Crippen molar-refractivity contribution in [1.82, 2.24) is 5.01 Å². The molecule has 0 saturated heterocycles. The van der Waals surface area contributed by atoms with Crippen LogP contribution < -0.4 is 0 Å². The van der Waals surface area contributed by atoms with Crippen LogP contribution in [0.4, 0.5) is 5.69 Å². The average molecular weight is 220 g/mol. The third kappa shape index (κ3) is 1.76. The monoisotopic (exact) mass is 220 g/mol. The zero-order valence-corrected chi connectivity index (χ0v) is 9.38. The van der Waals surface area contributed by atoms with Gasteiger partial charge in [-0.15, -0.1) is 4.68 Å². The molecule has 1 aliphatic heterocycles. The number of rotatable bonds is 2. The van der Waals surface area contributed by atoms with Crippen LogP contribution in [0, 0.1) is 10.1 Å². The minimum absolute atomic E-state index is 0.146. The first-order valence-corrected chi connectivity index (χ1v) is 5.15. The summed E-state index contributed by atoms with van der Waals surface area (Å²) in [6, 6.07) is 6.79. The Morgan fingerprint density at radius 3 is 2.81 bits per heavy atom. The third-order valence-electron chi connectivity index (χ3n) is 2.97. The van der Waals surface area contributed by atoms with E-state index in [9.17, 15) is 10.1 Å². The Labute approximate surface area is 93.7 Å². The predicted molar refractivity (Wildman–Crippen MR) is 60.6 cm³/mol. The second kappa shape index (κ2) is 3.92. The van der Waals surface area contributed by atoms with Crippen molar-refractivity contribution in [2.24, 2.45) is 0 Å². The summed E-state index contributed by atoms with van der Waals surface area (Å²) < 4.78 is 2.04. The first-order valence-electron chi connectivity index (χ1n) is 5.15. The van der Waals surface area contributed by atoms with Crippen molar-refractivity contribution < 1.29 is 9.61 Å². The molecular formula is C11H14N3O2+. The maximum Gasteiger partial charge on any atom is 0.270 e. The first kappa shape index (κ1) is 10.6. The van der Waals surface area contributed by atoms with Crippen molar-refractivity contribution >= 4 is 11.4 Å². The van der Waals surface area contributed by atoms with Crippen LogP contribution in [0.3, 0.4) is 0 Å². The normalized spacial score (nSPS) is 15.8. The Morgan fingerprint density at radius 2 is 2.25 bits per heavy atom. The maximum atomic E-state index is 10.7. The van der Waals surface area contributed by atoms with Gasteiger partial charge < -0.3 is 0 Å². The molecular weight excluding hydrogens is 206 g/mol. The molecule has 0 aromatic heterocycles. The molecule has 1 aromatic carbocycles. The van der Waals surface area contributed by atoms with Gasteiger partial charge in [-0.1, -0.05) is 6.07 Å². The zero-order chi connectivity index (χ0) is 11.7. The summed E-state index contributed by atoms with van der Waals surface area (Å²) in [6.45, 7) is 0.953. The van der Waals surface area contributed by atoms with E-state index in [4.69, 9.17) is 0 Å². The van der Waals surface area contributed by atoms with Gasteiger partial charge in [0.05, 0.1) is 30.5 Å². The van der Waals surface area contributed by atoms with Crippen LogP contribution in [0.5, 0.6) is 0 Å². The largest absolute Gasteiger partial charge is 0.270 e. The van der Waals surface area contributed by atoms with E-state index in [-0.39, 0.29) is 10.6 Å². The molecule has 0 N–H and O–H groups in total. The summed E-state index contributed by atoms with van der Waals surface area (Å²) in [7, 11) is 3.98. The van der Waals surface area contributed by atoms with E-state index in [0.29, 0.717) is 0 Å². The van der Waals surface area contributed by atoms with Crippen molar-refractivity contribution in [3.63, 3.8) is 0 Å². The van der Waals surface area contributed by atoms with Crippen LogP contribution in [-0.4, -0.2) is 41.0 Å². The lowest BCUT2D eigenvalue weighted by Gasteiger charge is -2.04. The topological polar surface area (TPSA) is 49.4 Å². The molecule has 0 unspecified atom stereocenters. The molecule has 2 rings (SSSR count). The number of hydrogen-bond acceptors (Lipinski definition) is 3. The van der Waals surface area contributed by atoms with Crippen LogP contribution in [0.1, 0.15) is 12.0 Å². The summed E-state index contributed by atoms with van der Waals surface area (Å²) in [5.74, 6) is 0. The highest BCUT2D eigenvalue weighted by molar-refractivity contribution is 5.97. The fourth-order valence-corrected chi connectivity index (χ4v) is 1.92. The molecule has 5 nitrogen and oxygen atoms in total. The van der Waals surface area contributed by atoms with Gasteiger partial charge in [0.25, 0.3) is 5.69 Å². The Kier molecular flexibility index (Phi) is 2.60. The van der Waals surface area contributed by atoms with E-state index in [2.05, 4.69) is 5.01 Å². The van der Waals surface area contributed by atoms with Crippen molar-refractivity contribution in [2.75, 3.05) is 20.6 Å². The molecule has 1 heterocycles. The minimum Gasteiger partial charge on any atom is -0.258 e. The Bertz CT molecular complexity index is 468. The van der Waals surface area contributed by atoms with Crippen LogP contribution in [0.2, 0.25) is 0 Å². The quantitative estimate of drug-likeness (QED) is 0.428. The van der Waals surface area contributed by atoms with Gasteiger partial charge in [-0.2, -0.15) is 5.01 Å². The fraction of sp³-hybridized carbons (Fsp3) is 0.364. The van der Waals surface area contributed by atoms with E-state index in [1.54, 1.807) is 12.1 Å². The molecule has 0 radical (unpaired) electrons. The number of nitrogens with zero attached hydrogens (tertiary/aromatic N) is 3. The number of benzene rings is 1. The van der Waals surface area contributed by atoms with Crippen molar-refractivity contribution in [2.45, 2.75) is 6.42 Å². The summed E-state index contributed by atoms with van der Waals surface area (Å²) in [5.41, 5.74) is 2.21. The van der Waals surface area contributed by atoms with Crippen LogP contribution in [0.25, 0.3) is 0 Å². The van der Waals surface area contributed by atoms with E-state index in [1.807, 2.05) is 24.8 Å². The number of hydrazone groups is 1. The molecule has 5 heteroatoms. The van der Waals surface area contributed by atoms with Crippen LogP contribution in [0.15, 0.2) is 24.3 Å². The lowest BCUT2D eigenvalue weighted by atomic mass is 10.1. The molecule has 84 valence electrons. The smallest absolute Gasteiger partial charge is 0.258 e. The highest BCUT2D eigenvalue weighted by Gasteiger charge is 2.26. The predicted octanol–water partition coefficient (Wildman–Crippen LogP) is 1.28. The Morgan fingerprint density at radius 1 is 1.50 bits per heavy atom. The van der Waals surface area contributed by atoms with Gasteiger partial charge in [0.15, 0.2) is 7.05 Å². The van der Waals surface area contributed by atoms with Crippen LogP contribution in [-0.2, 0) is 0 Å². The molecule has 0 amide bonds. The number of non-ortho nitro benzene ring substituents is 1. The summed E-state index contributed by atoms with van der Waals surface area (Å²) in [4.78, 5) is 10.3. The maximum absolute atomic E-state index is 10.7. The second-order valence-electron chi connectivity index (χ2n) is 3.91. The minimum atomic E-state index is -0.358. The molecule has 0 atom stereocenters. The lowest BCUT2D eigenvalue weighted by Crippen LogP contribution is -2.24. The number of nitro benzene ring substituents is 1. The van der Waals surface area contributed by atoms with Gasteiger partial charge in [0.2, 0.25) is 5.71 Å². The summed E-state index contributed by atoms with van der Waals surface area (Å²) in [5, 5.41) is 12.8. The first-order chi connectivity index (χ1) is 7.59. The highest BCUT2D eigenvalue weighted by atomic mass is 16.6. The van der Waals surface area contributed by atoms with Gasteiger partial charge in [-0.3, -0.25) is 10.1 Å². The van der Waals surface area contributed by atoms with Gasteiger partial charge in [0.1, 0.15) is 0 Å². The summed E-state index contributed by atoms with van der Waals surface area (Å²) in [6.07, 6.45) is 0.925. The fourth-order valence-electron chi connectivity index (χ4n) is 1.92. The van der Waals surface area contributed by atoms with Gasteiger partial charge >= 0.3 is 0 Å². The van der Waals surface area contributed by atoms with Crippen molar-refractivity contribution in [3.8, 4) is 0 Å². The van der Waals surface area contributed by atoms with E-state index >= 15 is 0 Å². The van der Waals surface area contributed by atoms with Gasteiger partial charge in [-0.05, 0) is 6.07 Å². The third-order valence-corrected chi connectivity index (χ3v) is 2.97. The van der Waals surface area contributed by atoms with Crippen molar-refractivity contribution in [3.05, 3.63) is 39.9 Å². The molecule has 0 bridgehead atoms. The number of nitro groups is 1. The number of hydrazine groups is 1.